The van der Waals surface area contributed by atoms with E-state index in [1.807, 2.05) is 25.1 Å². The topological polar surface area (TPSA) is 70.9 Å². The van der Waals surface area contributed by atoms with Crippen LogP contribution in [0.1, 0.15) is 17.0 Å². The smallest absolute Gasteiger partial charge is 0.179 e. The zero-order valence-corrected chi connectivity index (χ0v) is 14.8. The zero-order chi connectivity index (χ0) is 18.0. The first-order valence-corrected chi connectivity index (χ1v) is 7.93. The molecule has 126 valence electrons. The summed E-state index contributed by atoms with van der Waals surface area (Å²) in [5, 5.41) is 9.96. The predicted molar refractivity (Wildman–Crippen MR) is 98.9 cm³/mol. The Morgan fingerprint density at radius 3 is 2.72 bits per heavy atom. The molecule has 0 radical (unpaired) electrons. The summed E-state index contributed by atoms with van der Waals surface area (Å²) in [6.45, 7) is 2.01. The number of hydrogen-bond donors (Lipinski definition) is 1. The lowest BCUT2D eigenvalue weighted by Gasteiger charge is -2.10. The number of ether oxygens (including phenoxy) is 2. The van der Waals surface area contributed by atoms with Crippen LogP contribution in [0.5, 0.6) is 11.5 Å². The molecule has 0 bridgehead atoms. The van der Waals surface area contributed by atoms with Crippen LogP contribution in [0.2, 0.25) is 5.02 Å². The second-order valence-electron chi connectivity index (χ2n) is 5.51. The molecule has 1 aromatic heterocycles. The lowest BCUT2D eigenvalue weighted by molar-refractivity contribution is 0.355. The fourth-order valence-electron chi connectivity index (χ4n) is 2.59. The summed E-state index contributed by atoms with van der Waals surface area (Å²) in [6.07, 6.45) is 1.71. The minimum Gasteiger partial charge on any atom is -0.493 e. The number of halogens is 1. The highest BCUT2D eigenvalue weighted by molar-refractivity contribution is 6.32. The van der Waals surface area contributed by atoms with E-state index in [0.717, 1.165) is 22.2 Å². The van der Waals surface area contributed by atoms with Gasteiger partial charge in [0.05, 0.1) is 35.8 Å². The number of nitriles is 1. The lowest BCUT2D eigenvalue weighted by Crippen LogP contribution is -1.92. The highest BCUT2D eigenvalue weighted by Gasteiger charge is 2.12. The van der Waals surface area contributed by atoms with Crippen LogP contribution in [0, 0.1) is 18.3 Å². The zero-order valence-electron chi connectivity index (χ0n) is 14.1. The van der Waals surface area contributed by atoms with Gasteiger partial charge < -0.3 is 14.5 Å². The summed E-state index contributed by atoms with van der Waals surface area (Å²) in [6, 6.07) is 11.6. The van der Waals surface area contributed by atoms with E-state index in [2.05, 4.69) is 16.0 Å². The molecular weight excluding hydrogens is 338 g/mol. The van der Waals surface area contributed by atoms with Crippen LogP contribution in [0.25, 0.3) is 22.7 Å². The van der Waals surface area contributed by atoms with Crippen LogP contribution in [-0.4, -0.2) is 24.2 Å². The van der Waals surface area contributed by atoms with Gasteiger partial charge in [0.1, 0.15) is 11.9 Å². The molecular formula is C19H16ClN3O2. The van der Waals surface area contributed by atoms with Gasteiger partial charge in [-0.25, -0.2) is 4.98 Å². The summed E-state index contributed by atoms with van der Waals surface area (Å²) in [4.78, 5) is 7.67. The van der Waals surface area contributed by atoms with Crippen molar-refractivity contribution in [1.82, 2.24) is 9.97 Å². The Morgan fingerprint density at radius 1 is 1.24 bits per heavy atom. The Balaban J connectivity index is 2.08. The number of nitrogens with one attached hydrogen (secondary N) is 1. The maximum atomic E-state index is 9.55. The number of allylic oxidation sites excluding steroid dienone is 1. The van der Waals surface area contributed by atoms with Crippen molar-refractivity contribution < 1.29 is 9.47 Å². The first-order valence-electron chi connectivity index (χ1n) is 7.55. The number of aromatic nitrogens is 2. The van der Waals surface area contributed by atoms with Gasteiger partial charge in [-0.2, -0.15) is 5.26 Å². The number of fused-ring (bicyclic) bond motifs is 1. The molecule has 0 spiro atoms. The minimum absolute atomic E-state index is 0.400. The summed E-state index contributed by atoms with van der Waals surface area (Å²) >= 11 is 6.23. The maximum Gasteiger partial charge on any atom is 0.179 e. The molecule has 3 aromatic rings. The molecule has 0 aliphatic heterocycles. The van der Waals surface area contributed by atoms with Gasteiger partial charge in [0.25, 0.3) is 0 Å². The molecule has 1 heterocycles. The molecule has 6 heteroatoms. The molecule has 1 N–H and O–H groups in total. The first-order chi connectivity index (χ1) is 12.0. The average Bonchev–Trinajstić information content (AvgIpc) is 3.01. The fourth-order valence-corrected chi connectivity index (χ4v) is 2.89. The Morgan fingerprint density at radius 2 is 2.04 bits per heavy atom. The van der Waals surface area contributed by atoms with Gasteiger partial charge in [0, 0.05) is 0 Å². The van der Waals surface area contributed by atoms with Crippen LogP contribution in [0.3, 0.4) is 0 Å². The Kier molecular flexibility index (Phi) is 4.64. The van der Waals surface area contributed by atoms with E-state index in [9.17, 15) is 5.26 Å². The van der Waals surface area contributed by atoms with E-state index in [4.69, 9.17) is 21.1 Å². The Hall–Kier alpha value is -2.97. The third-order valence-electron chi connectivity index (χ3n) is 3.78. The first kappa shape index (κ1) is 16.9. The number of aryl methyl sites for hydroxylation is 1. The van der Waals surface area contributed by atoms with Crippen LogP contribution < -0.4 is 9.47 Å². The molecule has 2 aromatic carbocycles. The number of imidazole rings is 1. The van der Waals surface area contributed by atoms with Crippen molar-refractivity contribution in [3.05, 3.63) is 52.3 Å². The molecule has 0 fully saturated rings. The molecule has 0 saturated carbocycles. The summed E-state index contributed by atoms with van der Waals surface area (Å²) in [5.74, 6) is 1.46. The molecule has 0 aliphatic carbocycles. The van der Waals surface area contributed by atoms with Gasteiger partial charge in [-0.15, -0.1) is 0 Å². The highest BCUT2D eigenvalue weighted by Crippen LogP contribution is 2.37. The normalized spacial score (nSPS) is 11.4. The number of aromatic amines is 1. The second-order valence-corrected chi connectivity index (χ2v) is 5.92. The van der Waals surface area contributed by atoms with Crippen molar-refractivity contribution >= 4 is 34.3 Å². The van der Waals surface area contributed by atoms with Gasteiger partial charge in [-0.05, 0) is 48.4 Å². The van der Waals surface area contributed by atoms with Crippen LogP contribution in [-0.2, 0) is 0 Å². The number of H-pyrrole nitrogens is 1. The monoisotopic (exact) mass is 353 g/mol. The van der Waals surface area contributed by atoms with Crippen molar-refractivity contribution in [1.29, 1.82) is 5.26 Å². The van der Waals surface area contributed by atoms with Gasteiger partial charge >= 0.3 is 0 Å². The molecule has 3 rings (SSSR count). The van der Waals surface area contributed by atoms with E-state index < -0.39 is 0 Å². The van der Waals surface area contributed by atoms with Gasteiger partial charge in [0.15, 0.2) is 11.5 Å². The molecule has 0 aliphatic rings. The lowest BCUT2D eigenvalue weighted by atomic mass is 10.1. The molecule has 0 saturated heterocycles. The quantitative estimate of drug-likeness (QED) is 0.695. The second kappa shape index (κ2) is 6.88. The summed E-state index contributed by atoms with van der Waals surface area (Å²) in [5.41, 5.74) is 3.94. The van der Waals surface area contributed by atoms with E-state index in [1.165, 1.54) is 14.2 Å². The van der Waals surface area contributed by atoms with Crippen LogP contribution >= 0.6 is 11.6 Å². The minimum atomic E-state index is 0.400. The average molecular weight is 354 g/mol. The standard InChI is InChI=1S/C19H16ClN3O2/c1-11-4-5-15-16(6-11)23-19(22-15)13(10-21)7-12-8-14(20)18(25-3)17(9-12)24-2/h4-9H,1-3H3,(H,22,23). The van der Waals surface area contributed by atoms with Gasteiger partial charge in [-0.3, -0.25) is 0 Å². The van der Waals surface area contributed by atoms with Crippen molar-refractivity contribution in [2.45, 2.75) is 6.92 Å². The fraction of sp³-hybridized carbons (Fsp3) is 0.158. The SMILES string of the molecule is COc1cc(C=C(C#N)c2nc3ccc(C)cc3[nH]2)cc(Cl)c1OC. The molecule has 0 atom stereocenters. The molecule has 0 unspecified atom stereocenters. The third-order valence-corrected chi connectivity index (χ3v) is 4.06. The van der Waals surface area contributed by atoms with Crippen molar-refractivity contribution in [2.24, 2.45) is 0 Å². The van der Waals surface area contributed by atoms with Gasteiger partial charge in [-0.1, -0.05) is 17.7 Å². The highest BCUT2D eigenvalue weighted by atomic mass is 35.5. The van der Waals surface area contributed by atoms with E-state index in [-0.39, 0.29) is 0 Å². The maximum absolute atomic E-state index is 9.55. The van der Waals surface area contributed by atoms with Crippen molar-refractivity contribution in [3.63, 3.8) is 0 Å². The van der Waals surface area contributed by atoms with E-state index in [1.54, 1.807) is 18.2 Å². The largest absolute Gasteiger partial charge is 0.493 e. The molecule has 5 nitrogen and oxygen atoms in total. The third kappa shape index (κ3) is 3.30. The summed E-state index contributed by atoms with van der Waals surface area (Å²) in [7, 11) is 3.06. The van der Waals surface area contributed by atoms with E-state index >= 15 is 0 Å². The Bertz CT molecular complexity index is 1020. The van der Waals surface area contributed by atoms with Crippen molar-refractivity contribution in [3.8, 4) is 17.6 Å². The number of benzene rings is 2. The molecule has 25 heavy (non-hydrogen) atoms. The van der Waals surface area contributed by atoms with E-state index in [0.29, 0.717) is 27.9 Å². The Labute approximate surface area is 150 Å². The van der Waals surface area contributed by atoms with Crippen LogP contribution in [0.4, 0.5) is 0 Å². The molecule has 0 amide bonds. The number of hydrogen-bond acceptors (Lipinski definition) is 4. The number of methoxy groups -OCH3 is 2. The number of rotatable bonds is 4. The van der Waals surface area contributed by atoms with Crippen molar-refractivity contribution in [2.75, 3.05) is 14.2 Å². The number of nitrogens with zero attached hydrogens (tertiary/aromatic N) is 2. The van der Waals surface area contributed by atoms with Gasteiger partial charge in [0.2, 0.25) is 0 Å². The predicted octanol–water partition coefficient (Wildman–Crippen LogP) is 4.61. The summed E-state index contributed by atoms with van der Waals surface area (Å²) < 4.78 is 10.5. The van der Waals surface area contributed by atoms with Crippen LogP contribution in [0.15, 0.2) is 30.3 Å².